The average molecular weight is 383 g/mol. The van der Waals surface area contributed by atoms with Crippen LogP contribution in [-0.2, 0) is 19.1 Å². The van der Waals surface area contributed by atoms with Gasteiger partial charge in [-0.15, -0.1) is 0 Å². The minimum atomic E-state index is -1.86. The van der Waals surface area contributed by atoms with Crippen LogP contribution >= 0.6 is 0 Å². The first-order chi connectivity index (χ1) is 13.3. The third-order valence-electron chi connectivity index (χ3n) is 5.28. The van der Waals surface area contributed by atoms with E-state index in [9.17, 15) is 24.0 Å². The lowest BCUT2D eigenvalue weighted by molar-refractivity contribution is -0.150. The summed E-state index contributed by atoms with van der Waals surface area (Å²) in [6.07, 6.45) is 4.41. The summed E-state index contributed by atoms with van der Waals surface area (Å²) in [5.41, 5.74) is 4.32. The second kappa shape index (κ2) is 6.93. The topological polar surface area (TPSA) is 113 Å². The molecule has 0 unspecified atom stereocenters. The van der Waals surface area contributed by atoms with Crippen LogP contribution < -0.4 is 5.73 Å². The van der Waals surface area contributed by atoms with Gasteiger partial charge in [-0.25, -0.2) is 4.39 Å². The number of methoxy groups -OCH3 is 1. The van der Waals surface area contributed by atoms with Gasteiger partial charge >= 0.3 is 5.97 Å². The van der Waals surface area contributed by atoms with Gasteiger partial charge in [0.2, 0.25) is 5.91 Å². The Hall–Kier alpha value is -3.47. The molecule has 8 heteroatoms. The summed E-state index contributed by atoms with van der Waals surface area (Å²) in [6.45, 7) is 1.35. The highest BCUT2D eigenvalue weighted by atomic mass is 19.1. The number of amides is 1. The molecule has 7 nitrogen and oxygen atoms in total. The lowest BCUT2D eigenvalue weighted by Crippen LogP contribution is -2.45. The van der Waals surface area contributed by atoms with Crippen LogP contribution in [-0.4, -0.2) is 41.8 Å². The molecule has 1 saturated heterocycles. The van der Waals surface area contributed by atoms with Crippen molar-refractivity contribution in [1.82, 2.24) is 4.90 Å². The van der Waals surface area contributed by atoms with Crippen LogP contribution in [0.3, 0.4) is 0 Å². The number of carbonyl (C=O) groups excluding carboxylic acids is 3. The molecular weight excluding hydrogens is 365 g/mol. The van der Waals surface area contributed by atoms with E-state index in [1.54, 1.807) is 0 Å². The number of rotatable bonds is 4. The van der Waals surface area contributed by atoms with Gasteiger partial charge in [0.05, 0.1) is 19.2 Å². The number of ketones is 1. The van der Waals surface area contributed by atoms with E-state index in [0.29, 0.717) is 5.57 Å². The first-order valence-corrected chi connectivity index (χ1v) is 8.50. The highest BCUT2D eigenvalue weighted by Gasteiger charge is 2.66. The fourth-order valence-electron chi connectivity index (χ4n) is 4.09. The lowest BCUT2D eigenvalue weighted by Gasteiger charge is -2.32. The molecule has 0 saturated carbocycles. The second-order valence-corrected chi connectivity index (χ2v) is 6.74. The van der Waals surface area contributed by atoms with Crippen LogP contribution in [0.5, 0.6) is 0 Å². The van der Waals surface area contributed by atoms with Gasteiger partial charge in [-0.05, 0) is 24.6 Å². The number of primary amides is 1. The molecule has 0 radical (unpaired) electrons. The molecule has 1 aromatic carbocycles. The zero-order valence-electron chi connectivity index (χ0n) is 15.3. The van der Waals surface area contributed by atoms with Crippen molar-refractivity contribution < 1.29 is 23.5 Å². The van der Waals surface area contributed by atoms with Crippen molar-refractivity contribution in [2.75, 3.05) is 7.11 Å². The Kier molecular flexibility index (Phi) is 4.77. The van der Waals surface area contributed by atoms with E-state index in [4.69, 9.17) is 10.5 Å². The first kappa shape index (κ1) is 19.3. The molecule has 2 aliphatic rings. The van der Waals surface area contributed by atoms with Crippen LogP contribution in [0, 0.1) is 22.6 Å². The standard InChI is InChI=1S/C20H18FN3O4/c1-11(25)13-6-7-15-20(10-22,19(27)28-2)16(12-4-3-5-14(21)8-12)17(18(23)26)24(15)9-13/h3-9,15-17H,1-2H3,(H2,23,26)/t15-,16+,17-,20-/m1/s1. The molecule has 2 aliphatic heterocycles. The number of nitrogens with two attached hydrogens (primary N) is 1. The van der Waals surface area contributed by atoms with Crippen LogP contribution in [0.25, 0.3) is 0 Å². The normalized spacial score (nSPS) is 28.1. The van der Waals surface area contributed by atoms with Gasteiger partial charge in [0.1, 0.15) is 11.9 Å². The van der Waals surface area contributed by atoms with Crippen molar-refractivity contribution in [3.8, 4) is 6.07 Å². The molecular formula is C20H18FN3O4. The van der Waals surface area contributed by atoms with E-state index in [2.05, 4.69) is 0 Å². The molecule has 0 aliphatic carbocycles. The molecule has 0 spiro atoms. The molecule has 0 bridgehead atoms. The number of nitrogens with zero attached hydrogens (tertiary/aromatic N) is 2. The monoisotopic (exact) mass is 383 g/mol. The van der Waals surface area contributed by atoms with Gasteiger partial charge in [-0.1, -0.05) is 24.3 Å². The highest BCUT2D eigenvalue weighted by molar-refractivity contribution is 5.97. The van der Waals surface area contributed by atoms with E-state index in [1.165, 1.54) is 48.4 Å². The summed E-state index contributed by atoms with van der Waals surface area (Å²) in [5.74, 6) is -3.62. The maximum absolute atomic E-state index is 13.9. The molecule has 4 atom stereocenters. The van der Waals surface area contributed by atoms with Gasteiger partial charge in [-0.3, -0.25) is 14.4 Å². The Bertz CT molecular complexity index is 964. The predicted molar refractivity (Wildman–Crippen MR) is 95.7 cm³/mol. The number of carbonyl (C=O) groups is 3. The molecule has 3 rings (SSSR count). The quantitative estimate of drug-likeness (QED) is 0.781. The fourth-order valence-corrected chi connectivity index (χ4v) is 4.09. The third kappa shape index (κ3) is 2.67. The molecule has 1 aromatic rings. The number of allylic oxidation sites excluding steroid dienone is 2. The number of nitriles is 1. The number of hydrogen-bond donors (Lipinski definition) is 1. The van der Waals surface area contributed by atoms with Crippen molar-refractivity contribution in [2.45, 2.75) is 24.9 Å². The van der Waals surface area contributed by atoms with Crippen molar-refractivity contribution in [1.29, 1.82) is 5.26 Å². The van der Waals surface area contributed by atoms with Gasteiger partial charge in [0, 0.05) is 17.7 Å². The Morgan fingerprint density at radius 1 is 1.36 bits per heavy atom. The number of hydrogen-bond acceptors (Lipinski definition) is 6. The van der Waals surface area contributed by atoms with Crippen LogP contribution in [0.2, 0.25) is 0 Å². The Morgan fingerprint density at radius 2 is 2.07 bits per heavy atom. The van der Waals surface area contributed by atoms with Gasteiger partial charge in [0.25, 0.3) is 0 Å². The molecule has 0 aromatic heterocycles. The fraction of sp³-hybridized carbons (Fsp3) is 0.300. The largest absolute Gasteiger partial charge is 0.468 e. The van der Waals surface area contributed by atoms with Gasteiger partial charge < -0.3 is 15.4 Å². The maximum atomic E-state index is 13.9. The summed E-state index contributed by atoms with van der Waals surface area (Å²) < 4.78 is 18.8. The van der Waals surface area contributed by atoms with Crippen LogP contribution in [0.1, 0.15) is 18.4 Å². The number of Topliss-reactive ketones (excluding diaryl/α,β-unsaturated/α-hetero) is 1. The lowest BCUT2D eigenvalue weighted by atomic mass is 9.68. The minimum Gasteiger partial charge on any atom is -0.468 e. The molecule has 28 heavy (non-hydrogen) atoms. The molecule has 2 N–H and O–H groups in total. The highest BCUT2D eigenvalue weighted by Crippen LogP contribution is 2.53. The zero-order chi connectivity index (χ0) is 20.6. The first-order valence-electron chi connectivity index (χ1n) is 8.50. The third-order valence-corrected chi connectivity index (χ3v) is 5.28. The van der Waals surface area contributed by atoms with E-state index in [-0.39, 0.29) is 11.3 Å². The number of esters is 1. The number of halogens is 1. The van der Waals surface area contributed by atoms with Crippen molar-refractivity contribution in [3.63, 3.8) is 0 Å². The van der Waals surface area contributed by atoms with E-state index >= 15 is 0 Å². The smallest absolute Gasteiger partial charge is 0.329 e. The molecule has 1 fully saturated rings. The summed E-state index contributed by atoms with van der Waals surface area (Å²) in [4.78, 5) is 38.5. The summed E-state index contributed by atoms with van der Waals surface area (Å²) in [6, 6.07) is 5.25. The second-order valence-electron chi connectivity index (χ2n) is 6.74. The SMILES string of the molecule is COC(=O)[C@@]1(C#N)[C@@H](c2cccc(F)c2)[C@H](C(N)=O)N2C=C(C(C)=O)C=C[C@@H]21. The summed E-state index contributed by atoms with van der Waals surface area (Å²) >= 11 is 0. The van der Waals surface area contributed by atoms with Crippen LogP contribution in [0.15, 0.2) is 48.2 Å². The van der Waals surface area contributed by atoms with Gasteiger partial charge in [-0.2, -0.15) is 5.26 Å². The maximum Gasteiger partial charge on any atom is 0.329 e. The molecule has 144 valence electrons. The Morgan fingerprint density at radius 3 is 2.61 bits per heavy atom. The van der Waals surface area contributed by atoms with Crippen LogP contribution in [0.4, 0.5) is 4.39 Å². The Labute approximate surface area is 160 Å². The van der Waals surface area contributed by atoms with Gasteiger partial charge in [0.15, 0.2) is 11.2 Å². The van der Waals surface area contributed by atoms with E-state index in [0.717, 1.165) is 13.2 Å². The van der Waals surface area contributed by atoms with Crippen molar-refractivity contribution >= 4 is 17.7 Å². The summed E-state index contributed by atoms with van der Waals surface area (Å²) in [5, 5.41) is 10.1. The number of fused-ring (bicyclic) bond motifs is 1. The molecule has 2 heterocycles. The molecule has 1 amide bonds. The number of benzene rings is 1. The van der Waals surface area contributed by atoms with Crippen molar-refractivity contribution in [2.24, 2.45) is 11.1 Å². The summed E-state index contributed by atoms with van der Waals surface area (Å²) in [7, 11) is 1.13. The zero-order valence-corrected chi connectivity index (χ0v) is 15.3. The van der Waals surface area contributed by atoms with Crippen molar-refractivity contribution in [3.05, 3.63) is 59.6 Å². The average Bonchev–Trinajstić information content (AvgIpc) is 2.98. The van der Waals surface area contributed by atoms with E-state index in [1.807, 2.05) is 6.07 Å². The van der Waals surface area contributed by atoms with E-state index < -0.39 is 41.1 Å². The Balaban J connectivity index is 2.31. The minimum absolute atomic E-state index is 0.257. The predicted octanol–water partition coefficient (Wildman–Crippen LogP) is 1.17. The number of ether oxygens (including phenoxy) is 1.